The number of amides is 2. The first-order valence-corrected chi connectivity index (χ1v) is 7.92. The molecule has 0 bridgehead atoms. The monoisotopic (exact) mass is 344 g/mol. The molecule has 0 radical (unpaired) electrons. The van der Waals surface area contributed by atoms with Crippen LogP contribution < -0.4 is 10.1 Å². The van der Waals surface area contributed by atoms with E-state index in [2.05, 4.69) is 5.32 Å². The summed E-state index contributed by atoms with van der Waals surface area (Å²) in [6, 6.07) is 13.0. The maximum atomic E-state index is 13.0. The smallest absolute Gasteiger partial charge is 0.226 e. The highest BCUT2D eigenvalue weighted by molar-refractivity contribution is 5.91. The summed E-state index contributed by atoms with van der Waals surface area (Å²) < 4.78 is 18.1. The molecule has 2 aromatic carbocycles. The fourth-order valence-electron chi connectivity index (χ4n) is 2.32. The third-order valence-electron chi connectivity index (χ3n) is 3.69. The maximum Gasteiger partial charge on any atom is 0.226 e. The fraction of sp³-hybridized carbons (Fsp3) is 0.263. The Morgan fingerprint density at radius 1 is 1.16 bits per heavy atom. The molecule has 0 aliphatic carbocycles. The van der Waals surface area contributed by atoms with Gasteiger partial charge in [-0.1, -0.05) is 18.2 Å². The normalized spacial score (nSPS) is 10.2. The predicted octanol–water partition coefficient (Wildman–Crippen LogP) is 3.21. The van der Waals surface area contributed by atoms with Gasteiger partial charge in [0.25, 0.3) is 0 Å². The lowest BCUT2D eigenvalue weighted by Gasteiger charge is -2.21. The van der Waals surface area contributed by atoms with Gasteiger partial charge in [0.2, 0.25) is 11.8 Å². The number of nitrogens with one attached hydrogen (secondary N) is 1. The summed E-state index contributed by atoms with van der Waals surface area (Å²) in [5, 5.41) is 2.78. The molecule has 0 saturated carbocycles. The van der Waals surface area contributed by atoms with E-state index in [1.54, 1.807) is 48.4 Å². The molecule has 0 aliphatic rings. The second-order valence-corrected chi connectivity index (χ2v) is 5.60. The molecule has 2 amide bonds. The average molecular weight is 344 g/mol. The number of ether oxygens (including phenoxy) is 1. The van der Waals surface area contributed by atoms with Crippen molar-refractivity contribution in [2.45, 2.75) is 19.9 Å². The van der Waals surface area contributed by atoms with E-state index >= 15 is 0 Å². The number of halogens is 1. The van der Waals surface area contributed by atoms with Gasteiger partial charge in [0.1, 0.15) is 11.6 Å². The summed E-state index contributed by atoms with van der Waals surface area (Å²) in [6.07, 6.45) is 0.165. The zero-order valence-corrected chi connectivity index (χ0v) is 14.3. The van der Waals surface area contributed by atoms with Crippen molar-refractivity contribution in [1.82, 2.24) is 4.90 Å². The molecule has 6 heteroatoms. The van der Waals surface area contributed by atoms with Crippen molar-refractivity contribution in [3.05, 3.63) is 59.9 Å². The van der Waals surface area contributed by atoms with Crippen molar-refractivity contribution < 1.29 is 18.7 Å². The molecular formula is C19H21FN2O3. The molecule has 5 nitrogen and oxygen atoms in total. The lowest BCUT2D eigenvalue weighted by Crippen LogP contribution is -2.31. The van der Waals surface area contributed by atoms with Crippen molar-refractivity contribution in [2.75, 3.05) is 19.0 Å². The molecule has 2 rings (SSSR count). The predicted molar refractivity (Wildman–Crippen MR) is 93.7 cm³/mol. The van der Waals surface area contributed by atoms with Gasteiger partial charge in [-0.2, -0.15) is 0 Å². The summed E-state index contributed by atoms with van der Waals surface area (Å²) >= 11 is 0. The molecule has 0 spiro atoms. The molecule has 1 N–H and O–H groups in total. The maximum absolute atomic E-state index is 13.0. The van der Waals surface area contributed by atoms with Crippen LogP contribution in [0, 0.1) is 5.82 Å². The number of benzene rings is 2. The van der Waals surface area contributed by atoms with E-state index in [-0.39, 0.29) is 30.6 Å². The number of carbonyl (C=O) groups excluding carboxylic acids is 2. The summed E-state index contributed by atoms with van der Waals surface area (Å²) in [5.41, 5.74) is 1.45. The first kappa shape index (κ1) is 18.4. The number of hydrogen-bond acceptors (Lipinski definition) is 3. The molecule has 132 valence electrons. The van der Waals surface area contributed by atoms with Crippen molar-refractivity contribution in [1.29, 1.82) is 0 Å². The van der Waals surface area contributed by atoms with Gasteiger partial charge in [0, 0.05) is 38.2 Å². The lowest BCUT2D eigenvalue weighted by molar-refractivity contribution is -0.129. The summed E-state index contributed by atoms with van der Waals surface area (Å²) in [5.74, 6) is -0.00706. The average Bonchev–Trinajstić information content (AvgIpc) is 2.60. The van der Waals surface area contributed by atoms with Gasteiger partial charge < -0.3 is 15.0 Å². The Morgan fingerprint density at radius 2 is 1.88 bits per heavy atom. The highest BCUT2D eigenvalue weighted by Crippen LogP contribution is 2.17. The molecule has 0 heterocycles. The molecule has 0 aliphatic heterocycles. The van der Waals surface area contributed by atoms with E-state index in [1.807, 2.05) is 0 Å². The van der Waals surface area contributed by atoms with E-state index in [1.165, 1.54) is 19.1 Å². The molecule has 25 heavy (non-hydrogen) atoms. The quantitative estimate of drug-likeness (QED) is 0.839. The molecule has 0 aromatic heterocycles. The van der Waals surface area contributed by atoms with Gasteiger partial charge in [-0.15, -0.1) is 0 Å². The second kappa shape index (κ2) is 8.82. The molecule has 0 fully saturated rings. The largest absolute Gasteiger partial charge is 0.497 e. The number of hydrogen-bond donors (Lipinski definition) is 1. The lowest BCUT2D eigenvalue weighted by atomic mass is 10.2. The Hall–Kier alpha value is -2.89. The van der Waals surface area contributed by atoms with Crippen LogP contribution in [0.1, 0.15) is 18.9 Å². The molecule has 2 aromatic rings. The second-order valence-electron chi connectivity index (χ2n) is 5.60. The number of rotatable bonds is 7. The van der Waals surface area contributed by atoms with E-state index < -0.39 is 0 Å². The van der Waals surface area contributed by atoms with E-state index in [0.29, 0.717) is 18.0 Å². The van der Waals surface area contributed by atoms with Gasteiger partial charge in [0.15, 0.2) is 0 Å². The van der Waals surface area contributed by atoms with Crippen molar-refractivity contribution in [2.24, 2.45) is 0 Å². The Balaban J connectivity index is 1.90. The van der Waals surface area contributed by atoms with E-state index in [4.69, 9.17) is 4.74 Å². The minimum absolute atomic E-state index is 0.140. The van der Waals surface area contributed by atoms with Crippen LogP contribution in [-0.2, 0) is 16.1 Å². The third kappa shape index (κ3) is 5.91. The zero-order valence-electron chi connectivity index (χ0n) is 14.3. The standard InChI is InChI=1S/C19H21FN2O3/c1-14(23)22(13-15-6-8-16(20)9-7-15)11-10-19(24)21-17-4-3-5-18(12-17)25-2/h3-9,12H,10-11,13H2,1-2H3,(H,21,24). The number of anilines is 1. The highest BCUT2D eigenvalue weighted by atomic mass is 19.1. The van der Waals surface area contributed by atoms with E-state index in [9.17, 15) is 14.0 Å². The van der Waals surface area contributed by atoms with Gasteiger partial charge >= 0.3 is 0 Å². The minimum atomic E-state index is -0.323. The Labute approximate surface area is 146 Å². The first-order chi connectivity index (χ1) is 12.0. The fourth-order valence-corrected chi connectivity index (χ4v) is 2.32. The molecule has 0 saturated heterocycles. The van der Waals surface area contributed by atoms with Crippen LogP contribution in [0.25, 0.3) is 0 Å². The minimum Gasteiger partial charge on any atom is -0.497 e. The van der Waals surface area contributed by atoms with Crippen LogP contribution in [0.4, 0.5) is 10.1 Å². The molecular weight excluding hydrogens is 323 g/mol. The van der Waals surface area contributed by atoms with Crippen molar-refractivity contribution >= 4 is 17.5 Å². The van der Waals surface area contributed by atoms with Gasteiger partial charge in [-0.3, -0.25) is 9.59 Å². The Kier molecular flexibility index (Phi) is 6.51. The SMILES string of the molecule is COc1cccc(NC(=O)CCN(Cc2ccc(F)cc2)C(C)=O)c1. The van der Waals surface area contributed by atoms with Crippen molar-refractivity contribution in [3.63, 3.8) is 0 Å². The highest BCUT2D eigenvalue weighted by Gasteiger charge is 2.12. The van der Waals surface area contributed by atoms with Gasteiger partial charge in [0.05, 0.1) is 7.11 Å². The number of carbonyl (C=O) groups is 2. The zero-order chi connectivity index (χ0) is 18.2. The Morgan fingerprint density at radius 3 is 2.52 bits per heavy atom. The van der Waals surface area contributed by atoms with E-state index in [0.717, 1.165) is 5.56 Å². The first-order valence-electron chi connectivity index (χ1n) is 7.92. The van der Waals surface area contributed by atoms with Crippen LogP contribution >= 0.6 is 0 Å². The van der Waals surface area contributed by atoms with Crippen LogP contribution in [-0.4, -0.2) is 30.4 Å². The van der Waals surface area contributed by atoms with Crippen LogP contribution in [0.5, 0.6) is 5.75 Å². The number of methoxy groups -OCH3 is 1. The molecule has 0 atom stereocenters. The van der Waals surface area contributed by atoms with Crippen molar-refractivity contribution in [3.8, 4) is 5.75 Å². The van der Waals surface area contributed by atoms with Gasteiger partial charge in [-0.05, 0) is 29.8 Å². The van der Waals surface area contributed by atoms with Crippen LogP contribution in [0.3, 0.4) is 0 Å². The Bertz CT molecular complexity index is 732. The summed E-state index contributed by atoms with van der Waals surface area (Å²) in [7, 11) is 1.56. The number of nitrogens with zero attached hydrogens (tertiary/aromatic N) is 1. The summed E-state index contributed by atoms with van der Waals surface area (Å²) in [6.45, 7) is 2.06. The van der Waals surface area contributed by atoms with Crippen LogP contribution in [0.2, 0.25) is 0 Å². The van der Waals surface area contributed by atoms with Crippen LogP contribution in [0.15, 0.2) is 48.5 Å². The molecule has 0 unspecified atom stereocenters. The topological polar surface area (TPSA) is 58.6 Å². The summed E-state index contributed by atoms with van der Waals surface area (Å²) in [4.78, 5) is 25.4. The third-order valence-corrected chi connectivity index (χ3v) is 3.69. The van der Waals surface area contributed by atoms with Gasteiger partial charge in [-0.25, -0.2) is 4.39 Å².